The van der Waals surface area contributed by atoms with Gasteiger partial charge in [0.2, 0.25) is 0 Å². The maximum Gasteiger partial charge on any atom is 0.191 e. The van der Waals surface area contributed by atoms with Crippen LogP contribution in [0.25, 0.3) is 0 Å². The Bertz CT molecular complexity index is 160. The fraction of sp³-hybridized carbons (Fsp3) is 0.400. The highest BCUT2D eigenvalue weighted by atomic mass is 16.3. The van der Waals surface area contributed by atoms with Gasteiger partial charge in [0.15, 0.2) is 11.7 Å². The molecule has 3 nitrogen and oxygen atoms in total. The van der Waals surface area contributed by atoms with Crippen LogP contribution in [0.2, 0.25) is 0 Å². The SMILES string of the molecule is CC1=C(O)NCC1=O. The highest BCUT2D eigenvalue weighted by Gasteiger charge is 2.16. The average molecular weight is 113 g/mol. The number of hydrogen-bond acceptors (Lipinski definition) is 3. The van der Waals surface area contributed by atoms with Gasteiger partial charge in [-0.15, -0.1) is 0 Å². The van der Waals surface area contributed by atoms with E-state index in [1.807, 2.05) is 0 Å². The number of carbonyl (C=O) groups excluding carboxylic acids is 1. The van der Waals surface area contributed by atoms with Crippen LogP contribution >= 0.6 is 0 Å². The Hall–Kier alpha value is -0.990. The van der Waals surface area contributed by atoms with E-state index in [1.165, 1.54) is 0 Å². The Kier molecular flexibility index (Phi) is 0.970. The lowest BCUT2D eigenvalue weighted by molar-refractivity contribution is -0.113. The Morgan fingerprint density at radius 3 is 2.50 bits per heavy atom. The molecule has 1 heterocycles. The second-order valence-electron chi connectivity index (χ2n) is 1.75. The van der Waals surface area contributed by atoms with E-state index in [0.29, 0.717) is 5.57 Å². The molecule has 8 heavy (non-hydrogen) atoms. The lowest BCUT2D eigenvalue weighted by Gasteiger charge is -1.88. The molecule has 0 radical (unpaired) electrons. The third-order valence-electron chi connectivity index (χ3n) is 1.19. The Morgan fingerprint density at radius 2 is 2.38 bits per heavy atom. The first-order valence-corrected chi connectivity index (χ1v) is 2.38. The minimum atomic E-state index is -0.0255. The van der Waals surface area contributed by atoms with Crippen molar-refractivity contribution < 1.29 is 9.90 Å². The predicted octanol–water partition coefficient (Wildman–Crippen LogP) is -0.0518. The lowest BCUT2D eigenvalue weighted by Crippen LogP contribution is -2.10. The van der Waals surface area contributed by atoms with Gasteiger partial charge in [0.05, 0.1) is 12.1 Å². The molecule has 0 atom stereocenters. The van der Waals surface area contributed by atoms with E-state index in [2.05, 4.69) is 5.32 Å². The van der Waals surface area contributed by atoms with Gasteiger partial charge in [0, 0.05) is 0 Å². The molecule has 0 aliphatic carbocycles. The Labute approximate surface area is 47.0 Å². The summed E-state index contributed by atoms with van der Waals surface area (Å²) in [5, 5.41) is 11.2. The van der Waals surface area contributed by atoms with Crippen molar-refractivity contribution in [2.45, 2.75) is 6.92 Å². The van der Waals surface area contributed by atoms with E-state index in [4.69, 9.17) is 5.11 Å². The van der Waals surface area contributed by atoms with Crippen molar-refractivity contribution in [1.29, 1.82) is 0 Å². The standard InChI is InChI=1S/C5H7NO2/c1-3-4(7)2-6-5(3)8/h6,8H,2H2,1H3. The maximum atomic E-state index is 10.5. The van der Waals surface area contributed by atoms with Gasteiger partial charge in [0.1, 0.15) is 0 Å². The van der Waals surface area contributed by atoms with Crippen LogP contribution < -0.4 is 5.32 Å². The van der Waals surface area contributed by atoms with E-state index in [1.54, 1.807) is 6.92 Å². The molecule has 0 bridgehead atoms. The molecule has 0 aromatic rings. The lowest BCUT2D eigenvalue weighted by atomic mass is 10.2. The van der Waals surface area contributed by atoms with Crippen LogP contribution in [0.4, 0.5) is 0 Å². The molecule has 1 aliphatic rings. The quantitative estimate of drug-likeness (QED) is 0.463. The van der Waals surface area contributed by atoms with Crippen molar-refractivity contribution in [3.63, 3.8) is 0 Å². The molecule has 1 rings (SSSR count). The van der Waals surface area contributed by atoms with Gasteiger partial charge < -0.3 is 10.4 Å². The summed E-state index contributed by atoms with van der Waals surface area (Å²) in [5.41, 5.74) is 0.435. The fourth-order valence-corrected chi connectivity index (χ4v) is 0.561. The molecule has 0 aromatic carbocycles. The molecule has 0 saturated carbocycles. The molecular weight excluding hydrogens is 106 g/mol. The Balaban J connectivity index is 2.86. The van der Waals surface area contributed by atoms with Crippen LogP contribution in [0.5, 0.6) is 0 Å². The summed E-state index contributed by atoms with van der Waals surface area (Å²) in [5.74, 6) is -0.00231. The number of ketones is 1. The van der Waals surface area contributed by atoms with Gasteiger partial charge in [-0.2, -0.15) is 0 Å². The highest BCUT2D eigenvalue weighted by Crippen LogP contribution is 2.04. The Morgan fingerprint density at radius 1 is 1.75 bits per heavy atom. The maximum absolute atomic E-state index is 10.5. The summed E-state index contributed by atoms with van der Waals surface area (Å²) in [6, 6.07) is 0. The summed E-state index contributed by atoms with van der Waals surface area (Å²) in [6.07, 6.45) is 0. The summed E-state index contributed by atoms with van der Waals surface area (Å²) in [4.78, 5) is 10.5. The van der Waals surface area contributed by atoms with Crippen molar-refractivity contribution in [2.75, 3.05) is 6.54 Å². The van der Waals surface area contributed by atoms with Gasteiger partial charge in [-0.05, 0) is 6.92 Å². The van der Waals surface area contributed by atoms with Gasteiger partial charge in [-0.25, -0.2) is 0 Å². The van der Waals surface area contributed by atoms with Crippen LogP contribution in [0.1, 0.15) is 6.92 Å². The number of aliphatic hydroxyl groups is 1. The molecule has 0 amide bonds. The van der Waals surface area contributed by atoms with Gasteiger partial charge >= 0.3 is 0 Å². The van der Waals surface area contributed by atoms with E-state index in [0.717, 1.165) is 0 Å². The van der Waals surface area contributed by atoms with Gasteiger partial charge in [0.25, 0.3) is 0 Å². The smallest absolute Gasteiger partial charge is 0.191 e. The molecule has 0 fully saturated rings. The second kappa shape index (κ2) is 1.51. The average Bonchev–Trinajstić information content (AvgIpc) is 1.98. The van der Waals surface area contributed by atoms with Crippen LogP contribution in [-0.4, -0.2) is 17.4 Å². The van der Waals surface area contributed by atoms with Crippen molar-refractivity contribution in [3.8, 4) is 0 Å². The van der Waals surface area contributed by atoms with Crippen LogP contribution in [-0.2, 0) is 4.79 Å². The minimum Gasteiger partial charge on any atom is -0.495 e. The van der Waals surface area contributed by atoms with E-state index < -0.39 is 0 Å². The molecule has 1 aliphatic heterocycles. The largest absolute Gasteiger partial charge is 0.495 e. The van der Waals surface area contributed by atoms with Gasteiger partial charge in [-0.3, -0.25) is 4.79 Å². The van der Waals surface area contributed by atoms with E-state index >= 15 is 0 Å². The summed E-state index contributed by atoms with van der Waals surface area (Å²) in [6.45, 7) is 1.84. The van der Waals surface area contributed by atoms with E-state index in [9.17, 15) is 4.79 Å². The number of hydrogen-bond donors (Lipinski definition) is 2. The van der Waals surface area contributed by atoms with Crippen molar-refractivity contribution in [1.82, 2.24) is 5.32 Å². The predicted molar refractivity (Wildman–Crippen MR) is 28.3 cm³/mol. The minimum absolute atomic E-state index is 0.0231. The number of carbonyl (C=O) groups is 1. The molecule has 0 saturated heterocycles. The number of Topliss-reactive ketones (excluding diaryl/α,β-unsaturated/α-hetero) is 1. The molecular formula is C5H7NO2. The third kappa shape index (κ3) is 0.559. The summed E-state index contributed by atoms with van der Waals surface area (Å²) in [7, 11) is 0. The summed E-state index contributed by atoms with van der Waals surface area (Å²) >= 11 is 0. The van der Waals surface area contributed by atoms with E-state index in [-0.39, 0.29) is 18.2 Å². The topological polar surface area (TPSA) is 49.3 Å². The third-order valence-corrected chi connectivity index (χ3v) is 1.19. The summed E-state index contributed by atoms with van der Waals surface area (Å²) < 4.78 is 0. The van der Waals surface area contributed by atoms with Crippen molar-refractivity contribution in [3.05, 3.63) is 11.5 Å². The highest BCUT2D eigenvalue weighted by molar-refractivity contribution is 5.98. The zero-order valence-electron chi connectivity index (χ0n) is 4.56. The van der Waals surface area contributed by atoms with Crippen LogP contribution in [0.3, 0.4) is 0 Å². The molecule has 2 N–H and O–H groups in total. The first kappa shape index (κ1) is 5.15. The zero-order chi connectivity index (χ0) is 6.15. The van der Waals surface area contributed by atoms with Crippen LogP contribution in [0, 0.1) is 0 Å². The second-order valence-corrected chi connectivity index (χ2v) is 1.75. The van der Waals surface area contributed by atoms with Gasteiger partial charge in [-0.1, -0.05) is 0 Å². The monoisotopic (exact) mass is 113 g/mol. The first-order valence-electron chi connectivity index (χ1n) is 2.38. The number of rotatable bonds is 0. The van der Waals surface area contributed by atoms with Crippen LogP contribution in [0.15, 0.2) is 11.5 Å². The normalized spacial score (nSPS) is 19.4. The number of aliphatic hydroxyl groups excluding tert-OH is 1. The fourth-order valence-electron chi connectivity index (χ4n) is 0.561. The molecule has 0 unspecified atom stereocenters. The van der Waals surface area contributed by atoms with Crippen molar-refractivity contribution >= 4 is 5.78 Å². The van der Waals surface area contributed by atoms with Crippen molar-refractivity contribution in [2.24, 2.45) is 0 Å². The molecule has 0 aromatic heterocycles. The molecule has 44 valence electrons. The first-order chi connectivity index (χ1) is 3.72. The zero-order valence-corrected chi connectivity index (χ0v) is 4.56. The molecule has 0 spiro atoms. The number of nitrogens with one attached hydrogen (secondary N) is 1. The molecule has 3 heteroatoms.